The zero-order valence-corrected chi connectivity index (χ0v) is 22.1. The Labute approximate surface area is 206 Å². The summed E-state index contributed by atoms with van der Waals surface area (Å²) in [5, 5.41) is 22.1. The number of aliphatic hydroxyl groups excluding tert-OH is 2. The summed E-state index contributed by atoms with van der Waals surface area (Å²) in [7, 11) is 0. The number of rotatable bonds is 0. The summed E-state index contributed by atoms with van der Waals surface area (Å²) in [6.07, 6.45) is 5.38. The van der Waals surface area contributed by atoms with E-state index < -0.39 is 17.3 Å². The zero-order valence-electron chi connectivity index (χ0n) is 20.5. The lowest BCUT2D eigenvalue weighted by Gasteiger charge is -2.61. The molecule has 2 heterocycles. The number of halogens is 1. The summed E-state index contributed by atoms with van der Waals surface area (Å²) < 4.78 is 13.3. The van der Waals surface area contributed by atoms with Crippen LogP contribution in [0.4, 0.5) is 0 Å². The molecule has 0 unspecified atom stereocenters. The van der Waals surface area contributed by atoms with E-state index in [4.69, 9.17) is 9.47 Å². The SMILES string of the molecule is C[C@H]1CO[C@@]2(O[C@H]3C[C@H]4[C@@H]5CC[C@H]6C[C@@H](O)CC[C@]6(C)[C@H]5C(=O)[C@@H](O)[C@]4(C)[C@H]3[C@H]2C)[C@H](Br)C1. The number of fused-ring (bicyclic) bond motifs is 7. The van der Waals surface area contributed by atoms with E-state index in [1.54, 1.807) is 0 Å². The number of ketones is 1. The lowest BCUT2D eigenvalue weighted by Crippen LogP contribution is -2.64. The fraction of sp³-hybridized carbons (Fsp3) is 0.963. The van der Waals surface area contributed by atoms with Gasteiger partial charge in [-0.05, 0) is 74.0 Å². The molecule has 6 aliphatic rings. The highest BCUT2D eigenvalue weighted by molar-refractivity contribution is 9.09. The maximum Gasteiger partial charge on any atom is 0.184 e. The molecule has 4 aliphatic carbocycles. The van der Waals surface area contributed by atoms with Gasteiger partial charge in [0.25, 0.3) is 0 Å². The van der Waals surface area contributed by atoms with E-state index in [-0.39, 0.29) is 46.0 Å². The van der Waals surface area contributed by atoms with Crippen molar-refractivity contribution < 1.29 is 24.5 Å². The summed E-state index contributed by atoms with van der Waals surface area (Å²) in [5.74, 6) is 1.05. The van der Waals surface area contributed by atoms with Gasteiger partial charge in [-0.15, -0.1) is 0 Å². The topological polar surface area (TPSA) is 76.0 Å². The Bertz CT molecular complexity index is 835. The molecule has 186 valence electrons. The number of ether oxygens (including phenoxy) is 2. The second-order valence-corrected chi connectivity index (χ2v) is 14.3. The third kappa shape index (κ3) is 2.88. The molecule has 2 saturated heterocycles. The van der Waals surface area contributed by atoms with Gasteiger partial charge in [0.05, 0.1) is 23.6 Å². The van der Waals surface area contributed by atoms with Gasteiger partial charge in [0, 0.05) is 23.2 Å². The molecule has 0 aromatic heterocycles. The first-order valence-electron chi connectivity index (χ1n) is 13.4. The monoisotopic (exact) mass is 524 g/mol. The molecule has 4 saturated carbocycles. The molecule has 6 fully saturated rings. The predicted octanol–water partition coefficient (Wildman–Crippen LogP) is 4.32. The van der Waals surface area contributed by atoms with Crippen molar-refractivity contribution in [1.82, 2.24) is 0 Å². The third-order valence-electron chi connectivity index (χ3n) is 11.7. The molecule has 0 bridgehead atoms. The third-order valence-corrected chi connectivity index (χ3v) is 12.7. The van der Waals surface area contributed by atoms with Crippen molar-refractivity contribution in [3.8, 4) is 0 Å². The van der Waals surface area contributed by atoms with Gasteiger partial charge in [0.15, 0.2) is 11.6 Å². The van der Waals surface area contributed by atoms with Crippen LogP contribution in [0.1, 0.15) is 72.6 Å². The molecule has 2 N–H and O–H groups in total. The minimum Gasteiger partial charge on any atom is -0.393 e. The largest absolute Gasteiger partial charge is 0.393 e. The van der Waals surface area contributed by atoms with Crippen LogP contribution in [-0.2, 0) is 14.3 Å². The number of alkyl halides is 1. The van der Waals surface area contributed by atoms with E-state index in [2.05, 4.69) is 43.6 Å². The van der Waals surface area contributed by atoms with Crippen LogP contribution in [0.3, 0.4) is 0 Å². The number of carbonyl (C=O) groups excluding carboxylic acids is 1. The molecule has 14 atom stereocenters. The normalized spacial score (nSPS) is 62.5. The first-order chi connectivity index (χ1) is 15.5. The highest BCUT2D eigenvalue weighted by atomic mass is 79.9. The van der Waals surface area contributed by atoms with Crippen molar-refractivity contribution in [3.63, 3.8) is 0 Å². The summed E-state index contributed by atoms with van der Waals surface area (Å²) >= 11 is 3.90. The first-order valence-corrected chi connectivity index (χ1v) is 14.3. The fourth-order valence-electron chi connectivity index (χ4n) is 10.1. The molecule has 0 aromatic rings. The second-order valence-electron chi connectivity index (χ2n) is 13.2. The van der Waals surface area contributed by atoms with Crippen LogP contribution >= 0.6 is 15.9 Å². The van der Waals surface area contributed by atoms with E-state index in [1.807, 2.05) is 0 Å². The first kappa shape index (κ1) is 23.4. The molecule has 6 heteroatoms. The summed E-state index contributed by atoms with van der Waals surface area (Å²) in [4.78, 5) is 14.2. The van der Waals surface area contributed by atoms with Gasteiger partial charge in [0.2, 0.25) is 0 Å². The predicted molar refractivity (Wildman–Crippen MR) is 128 cm³/mol. The Kier molecular flexibility index (Phi) is 5.32. The van der Waals surface area contributed by atoms with Gasteiger partial charge in [-0.3, -0.25) is 4.79 Å². The Morgan fingerprint density at radius 2 is 1.82 bits per heavy atom. The summed E-state index contributed by atoms with van der Waals surface area (Å²) in [6.45, 7) is 9.61. The van der Waals surface area contributed by atoms with Gasteiger partial charge in [-0.1, -0.05) is 43.6 Å². The molecule has 0 radical (unpaired) electrons. The lowest BCUT2D eigenvalue weighted by atomic mass is 9.43. The van der Waals surface area contributed by atoms with Gasteiger partial charge < -0.3 is 19.7 Å². The average Bonchev–Trinajstić information content (AvgIpc) is 3.22. The smallest absolute Gasteiger partial charge is 0.184 e. The zero-order chi connectivity index (χ0) is 23.5. The van der Waals surface area contributed by atoms with Gasteiger partial charge >= 0.3 is 0 Å². The second kappa shape index (κ2) is 7.50. The van der Waals surface area contributed by atoms with E-state index >= 15 is 0 Å². The number of aliphatic hydroxyl groups is 2. The average molecular weight is 526 g/mol. The Balaban J connectivity index is 1.34. The van der Waals surface area contributed by atoms with Crippen LogP contribution in [0, 0.1) is 52.3 Å². The van der Waals surface area contributed by atoms with Crippen molar-refractivity contribution in [3.05, 3.63) is 0 Å². The minimum atomic E-state index is -0.946. The van der Waals surface area contributed by atoms with Crippen molar-refractivity contribution >= 4 is 21.7 Å². The van der Waals surface area contributed by atoms with E-state index in [9.17, 15) is 15.0 Å². The minimum absolute atomic E-state index is 0.0309. The molecule has 6 rings (SSSR count). The Hall–Kier alpha value is -0.0100. The van der Waals surface area contributed by atoms with Crippen LogP contribution in [0.25, 0.3) is 0 Å². The highest BCUT2D eigenvalue weighted by Gasteiger charge is 2.74. The maximum absolute atomic E-state index is 14.0. The number of hydrogen-bond donors (Lipinski definition) is 2. The van der Waals surface area contributed by atoms with Gasteiger partial charge in [-0.25, -0.2) is 0 Å². The highest BCUT2D eigenvalue weighted by Crippen LogP contribution is 2.70. The van der Waals surface area contributed by atoms with E-state index in [1.165, 1.54) is 0 Å². The van der Waals surface area contributed by atoms with Crippen molar-refractivity contribution in [2.24, 2.45) is 52.3 Å². The quantitative estimate of drug-likeness (QED) is 0.461. The van der Waals surface area contributed by atoms with Gasteiger partial charge in [0.1, 0.15) is 6.10 Å². The molecule has 0 amide bonds. The fourth-order valence-corrected chi connectivity index (χ4v) is 11.4. The summed E-state index contributed by atoms with van der Waals surface area (Å²) in [6, 6.07) is 0. The van der Waals surface area contributed by atoms with Crippen LogP contribution in [0.15, 0.2) is 0 Å². The van der Waals surface area contributed by atoms with Crippen molar-refractivity contribution in [2.45, 2.75) is 102 Å². The molecule has 0 aromatic carbocycles. The summed E-state index contributed by atoms with van der Waals surface area (Å²) in [5.41, 5.74) is -0.571. The van der Waals surface area contributed by atoms with Crippen molar-refractivity contribution in [2.75, 3.05) is 6.61 Å². The van der Waals surface area contributed by atoms with E-state index in [0.717, 1.165) is 44.9 Å². The Morgan fingerprint density at radius 3 is 2.55 bits per heavy atom. The molecular formula is C27H41BrO5. The molecule has 5 nitrogen and oxygen atoms in total. The molecule has 33 heavy (non-hydrogen) atoms. The Morgan fingerprint density at radius 1 is 1.06 bits per heavy atom. The van der Waals surface area contributed by atoms with E-state index in [0.29, 0.717) is 30.3 Å². The van der Waals surface area contributed by atoms with Crippen LogP contribution in [-0.4, -0.2) is 51.5 Å². The van der Waals surface area contributed by atoms with Crippen LogP contribution < -0.4 is 0 Å². The van der Waals surface area contributed by atoms with Crippen LogP contribution in [0.5, 0.6) is 0 Å². The lowest BCUT2D eigenvalue weighted by molar-refractivity contribution is -0.268. The number of Topliss-reactive ketones (excluding diaryl/α,β-unsaturated/α-hetero) is 1. The molecule has 1 spiro atoms. The van der Waals surface area contributed by atoms with Gasteiger partial charge in [-0.2, -0.15) is 0 Å². The molecule has 2 aliphatic heterocycles. The maximum atomic E-state index is 14.0. The molecular weight excluding hydrogens is 484 g/mol. The standard InChI is InChI=1S/C27H41BrO5/c1-13-9-20(28)27(32-12-13)14(2)21-19(33-27)11-18-17-6-5-15-10-16(29)7-8-25(15,3)22(17)23(30)24(31)26(18,21)4/h13-22,24,29,31H,5-12H2,1-4H3/t13-,14-,15+,16+,17+,18+,19+,20-,21+,22-,24-,25+,26+,27+/m1/s1. The number of hydrogen-bond acceptors (Lipinski definition) is 5. The van der Waals surface area contributed by atoms with Crippen LogP contribution in [0.2, 0.25) is 0 Å². The van der Waals surface area contributed by atoms with Crippen molar-refractivity contribution in [1.29, 1.82) is 0 Å². The number of carbonyl (C=O) groups is 1.